The second-order valence-electron chi connectivity index (χ2n) is 7.70. The second kappa shape index (κ2) is 6.79. The number of hydrogen-bond donors (Lipinski definition) is 0. The van der Waals surface area contributed by atoms with E-state index in [0.29, 0.717) is 5.57 Å². The van der Waals surface area contributed by atoms with Crippen LogP contribution in [0.1, 0.15) is 26.3 Å². The summed E-state index contributed by atoms with van der Waals surface area (Å²) < 4.78 is 0. The van der Waals surface area contributed by atoms with Gasteiger partial charge in [0.15, 0.2) is 0 Å². The number of benzene rings is 2. The molecule has 4 nitrogen and oxygen atoms in total. The zero-order chi connectivity index (χ0) is 18.9. The Morgan fingerprint density at radius 1 is 0.962 bits per heavy atom. The maximum atomic E-state index is 13.1. The van der Waals surface area contributed by atoms with E-state index in [1.165, 1.54) is 5.01 Å². The molecule has 2 aromatic carbocycles. The van der Waals surface area contributed by atoms with Gasteiger partial charge in [-0.25, -0.2) is 0 Å². The van der Waals surface area contributed by atoms with Crippen LogP contribution in [0.4, 0.5) is 11.4 Å². The van der Waals surface area contributed by atoms with Crippen molar-refractivity contribution in [2.24, 2.45) is 10.5 Å². The summed E-state index contributed by atoms with van der Waals surface area (Å²) in [5.41, 5.74) is 4.13. The fourth-order valence-corrected chi connectivity index (χ4v) is 2.88. The highest BCUT2D eigenvalue weighted by Crippen LogP contribution is 2.32. The van der Waals surface area contributed by atoms with Gasteiger partial charge in [0.1, 0.15) is 0 Å². The summed E-state index contributed by atoms with van der Waals surface area (Å²) in [6.07, 6.45) is 1.94. The molecule has 3 rings (SSSR count). The predicted octanol–water partition coefficient (Wildman–Crippen LogP) is 4.58. The van der Waals surface area contributed by atoms with Gasteiger partial charge in [0.05, 0.1) is 17.0 Å². The molecule has 0 N–H and O–H groups in total. The summed E-state index contributed by atoms with van der Waals surface area (Å²) in [6.45, 7) is 6.24. The molecule has 134 valence electrons. The van der Waals surface area contributed by atoms with Crippen molar-refractivity contribution in [3.8, 4) is 0 Å². The molecule has 0 bridgehead atoms. The zero-order valence-corrected chi connectivity index (χ0v) is 16.0. The molecule has 26 heavy (non-hydrogen) atoms. The average molecular weight is 347 g/mol. The molecular weight excluding hydrogens is 322 g/mol. The van der Waals surface area contributed by atoms with E-state index in [2.05, 4.69) is 42.9 Å². The third-order valence-electron chi connectivity index (χ3n) is 4.31. The molecule has 1 amide bonds. The van der Waals surface area contributed by atoms with E-state index in [4.69, 9.17) is 0 Å². The lowest BCUT2D eigenvalue weighted by Gasteiger charge is -2.18. The van der Waals surface area contributed by atoms with Crippen LogP contribution < -0.4 is 9.91 Å². The minimum Gasteiger partial charge on any atom is -0.378 e. The van der Waals surface area contributed by atoms with Crippen molar-refractivity contribution in [2.75, 3.05) is 24.0 Å². The highest BCUT2D eigenvalue weighted by molar-refractivity contribution is 6.34. The monoisotopic (exact) mass is 347 g/mol. The van der Waals surface area contributed by atoms with E-state index < -0.39 is 0 Å². The minimum absolute atomic E-state index is 0.0854. The Balaban J connectivity index is 2.02. The lowest BCUT2D eigenvalue weighted by Crippen LogP contribution is -2.24. The molecule has 1 aliphatic rings. The molecule has 1 heterocycles. The van der Waals surface area contributed by atoms with Crippen molar-refractivity contribution in [3.05, 3.63) is 65.7 Å². The molecule has 4 heteroatoms. The number of rotatable bonds is 3. The van der Waals surface area contributed by atoms with Crippen LogP contribution in [0.15, 0.2) is 65.3 Å². The third-order valence-corrected chi connectivity index (χ3v) is 4.31. The van der Waals surface area contributed by atoms with Gasteiger partial charge in [0, 0.05) is 25.2 Å². The molecule has 0 saturated carbocycles. The predicted molar refractivity (Wildman–Crippen MR) is 110 cm³/mol. The first-order chi connectivity index (χ1) is 12.3. The summed E-state index contributed by atoms with van der Waals surface area (Å²) in [5.74, 6) is -0.0854. The molecule has 0 unspecified atom stereocenters. The second-order valence-corrected chi connectivity index (χ2v) is 7.70. The Labute approximate surface area is 155 Å². The smallest absolute Gasteiger partial charge is 0.280 e. The third kappa shape index (κ3) is 3.54. The van der Waals surface area contributed by atoms with Gasteiger partial charge in [-0.3, -0.25) is 4.79 Å². The van der Waals surface area contributed by atoms with Crippen LogP contribution in [0.2, 0.25) is 0 Å². The lowest BCUT2D eigenvalue weighted by atomic mass is 9.85. The molecule has 1 aliphatic heterocycles. The summed E-state index contributed by atoms with van der Waals surface area (Å²) in [5, 5.41) is 6.16. The molecular formula is C22H25N3O. The maximum Gasteiger partial charge on any atom is 0.280 e. The number of amides is 1. The van der Waals surface area contributed by atoms with Crippen molar-refractivity contribution in [2.45, 2.75) is 20.8 Å². The first-order valence-electron chi connectivity index (χ1n) is 8.75. The standard InChI is InChI=1S/C22H25N3O/c1-22(2,3)20-19(15-16-11-13-17(14-12-16)24(4)5)21(26)25(23-20)18-9-7-6-8-10-18/h6-15H,1-5H3/b19-15-. The van der Waals surface area contributed by atoms with Gasteiger partial charge in [-0.05, 0) is 35.9 Å². The van der Waals surface area contributed by atoms with E-state index in [9.17, 15) is 4.79 Å². The lowest BCUT2D eigenvalue weighted by molar-refractivity contribution is -0.114. The number of para-hydroxylation sites is 1. The molecule has 0 aliphatic carbocycles. The van der Waals surface area contributed by atoms with E-state index in [1.54, 1.807) is 0 Å². The van der Waals surface area contributed by atoms with Crippen molar-refractivity contribution in [1.29, 1.82) is 0 Å². The molecule has 0 saturated heterocycles. The van der Waals surface area contributed by atoms with Crippen LogP contribution >= 0.6 is 0 Å². The Bertz CT molecular complexity index is 857. The van der Waals surface area contributed by atoms with Gasteiger partial charge < -0.3 is 4.90 Å². The Morgan fingerprint density at radius 3 is 2.12 bits per heavy atom. The Hall–Kier alpha value is -2.88. The van der Waals surface area contributed by atoms with E-state index in [0.717, 1.165) is 22.6 Å². The molecule has 0 radical (unpaired) electrons. The maximum absolute atomic E-state index is 13.1. The van der Waals surface area contributed by atoms with Crippen LogP contribution in [-0.2, 0) is 4.79 Å². The van der Waals surface area contributed by atoms with Crippen LogP contribution in [0.5, 0.6) is 0 Å². The highest BCUT2D eigenvalue weighted by Gasteiger charge is 2.37. The van der Waals surface area contributed by atoms with Gasteiger partial charge in [-0.15, -0.1) is 0 Å². The van der Waals surface area contributed by atoms with Crippen LogP contribution in [0, 0.1) is 5.41 Å². The average Bonchev–Trinajstić information content (AvgIpc) is 2.93. The molecule has 0 aromatic heterocycles. The summed E-state index contributed by atoms with van der Waals surface area (Å²) in [6, 6.07) is 17.7. The van der Waals surface area contributed by atoms with Crippen molar-refractivity contribution < 1.29 is 4.79 Å². The quantitative estimate of drug-likeness (QED) is 0.762. The molecule has 0 atom stereocenters. The first-order valence-corrected chi connectivity index (χ1v) is 8.75. The minimum atomic E-state index is -0.228. The van der Waals surface area contributed by atoms with E-state index in [1.807, 2.05) is 62.6 Å². The fraction of sp³-hybridized carbons (Fsp3) is 0.273. The molecule has 0 fully saturated rings. The first kappa shape index (κ1) is 17.9. The normalized spacial score (nSPS) is 16.2. The van der Waals surface area contributed by atoms with Gasteiger partial charge in [0.25, 0.3) is 5.91 Å². The fourth-order valence-electron chi connectivity index (χ4n) is 2.88. The summed E-state index contributed by atoms with van der Waals surface area (Å²) >= 11 is 0. The number of carbonyl (C=O) groups is 1. The Morgan fingerprint density at radius 2 is 1.58 bits per heavy atom. The number of nitrogens with zero attached hydrogens (tertiary/aromatic N) is 3. The Kier molecular flexibility index (Phi) is 4.68. The van der Waals surface area contributed by atoms with Crippen molar-refractivity contribution in [1.82, 2.24) is 0 Å². The topological polar surface area (TPSA) is 35.9 Å². The highest BCUT2D eigenvalue weighted by atomic mass is 16.2. The van der Waals surface area contributed by atoms with Gasteiger partial charge in [-0.1, -0.05) is 51.1 Å². The van der Waals surface area contributed by atoms with Crippen LogP contribution in [0.25, 0.3) is 6.08 Å². The van der Waals surface area contributed by atoms with E-state index in [-0.39, 0.29) is 11.3 Å². The number of hydrazone groups is 1. The van der Waals surface area contributed by atoms with Crippen molar-refractivity contribution in [3.63, 3.8) is 0 Å². The zero-order valence-electron chi connectivity index (χ0n) is 16.0. The number of hydrogen-bond acceptors (Lipinski definition) is 3. The van der Waals surface area contributed by atoms with Gasteiger partial charge in [-0.2, -0.15) is 10.1 Å². The number of anilines is 2. The van der Waals surface area contributed by atoms with Gasteiger partial charge >= 0.3 is 0 Å². The largest absolute Gasteiger partial charge is 0.378 e. The molecule has 2 aromatic rings. The molecule has 0 spiro atoms. The van der Waals surface area contributed by atoms with Gasteiger partial charge in [0.2, 0.25) is 0 Å². The number of carbonyl (C=O) groups excluding carboxylic acids is 1. The van der Waals surface area contributed by atoms with E-state index >= 15 is 0 Å². The summed E-state index contributed by atoms with van der Waals surface area (Å²) in [4.78, 5) is 15.1. The van der Waals surface area contributed by atoms with Crippen molar-refractivity contribution >= 4 is 29.1 Å². The summed E-state index contributed by atoms with van der Waals surface area (Å²) in [7, 11) is 4.02. The van der Waals surface area contributed by atoms with Crippen LogP contribution in [0.3, 0.4) is 0 Å². The SMILES string of the molecule is CN(C)c1ccc(/C=C2\C(=O)N(c3ccccc3)N=C2C(C)(C)C)cc1. The van der Waals surface area contributed by atoms with Crippen LogP contribution in [-0.4, -0.2) is 25.7 Å².